The van der Waals surface area contributed by atoms with Gasteiger partial charge >= 0.3 is 6.09 Å². The van der Waals surface area contributed by atoms with Gasteiger partial charge in [-0.3, -0.25) is 4.79 Å². The van der Waals surface area contributed by atoms with E-state index < -0.39 is 11.7 Å². The van der Waals surface area contributed by atoms with E-state index in [2.05, 4.69) is 32.0 Å². The van der Waals surface area contributed by atoms with Gasteiger partial charge in [0.2, 0.25) is 5.91 Å². The predicted molar refractivity (Wildman–Crippen MR) is 129 cm³/mol. The molecule has 0 spiro atoms. The first-order chi connectivity index (χ1) is 16.1. The number of amides is 2. The molecule has 0 unspecified atom stereocenters. The van der Waals surface area contributed by atoms with Gasteiger partial charge in [-0.2, -0.15) is 0 Å². The summed E-state index contributed by atoms with van der Waals surface area (Å²) < 4.78 is 10.8. The molecule has 0 aromatic carbocycles. The largest absolute Gasteiger partial charge is 0.444 e. The van der Waals surface area contributed by atoms with Gasteiger partial charge in [0, 0.05) is 38.3 Å². The summed E-state index contributed by atoms with van der Waals surface area (Å²) in [6, 6.07) is 0.0422. The Hall–Kier alpha value is -2.86. The summed E-state index contributed by atoms with van der Waals surface area (Å²) in [5.74, 6) is 8.30. The van der Waals surface area contributed by atoms with Crippen LogP contribution < -0.4 is 10.2 Å². The van der Waals surface area contributed by atoms with E-state index >= 15 is 0 Å². The van der Waals surface area contributed by atoms with Crippen LogP contribution in [0.5, 0.6) is 0 Å². The molecule has 1 aliphatic heterocycles. The first kappa shape index (κ1) is 25.8. The van der Waals surface area contributed by atoms with Crippen molar-refractivity contribution in [1.29, 1.82) is 0 Å². The summed E-state index contributed by atoms with van der Waals surface area (Å²) in [7, 11) is 1.57. The van der Waals surface area contributed by atoms with Crippen molar-refractivity contribution in [3.8, 4) is 11.8 Å². The number of hydrogen-bond acceptors (Lipinski definition) is 7. The fraction of sp³-hybridized carbons (Fsp3) is 0.680. The predicted octanol–water partition coefficient (Wildman–Crippen LogP) is 2.52. The lowest BCUT2D eigenvalue weighted by Gasteiger charge is -2.29. The highest BCUT2D eigenvalue weighted by Crippen LogP contribution is 2.25. The Morgan fingerprint density at radius 1 is 1.29 bits per heavy atom. The molecule has 186 valence electrons. The maximum absolute atomic E-state index is 12.5. The minimum absolute atomic E-state index is 0.0363. The van der Waals surface area contributed by atoms with Crippen molar-refractivity contribution in [2.45, 2.75) is 65.0 Å². The number of likely N-dealkylation sites (N-methyl/N-ethyl adjacent to an activating group) is 1. The van der Waals surface area contributed by atoms with Crippen LogP contribution in [0.1, 0.15) is 57.8 Å². The smallest absolute Gasteiger partial charge is 0.410 e. The number of aromatic nitrogens is 2. The van der Waals surface area contributed by atoms with Crippen molar-refractivity contribution in [3.63, 3.8) is 0 Å². The van der Waals surface area contributed by atoms with Gasteiger partial charge in [-0.25, -0.2) is 14.8 Å². The summed E-state index contributed by atoms with van der Waals surface area (Å²) in [5.41, 5.74) is 0.235. The molecule has 34 heavy (non-hydrogen) atoms. The van der Waals surface area contributed by atoms with Crippen LogP contribution in [-0.2, 0) is 14.3 Å². The highest BCUT2D eigenvalue weighted by molar-refractivity contribution is 5.82. The highest BCUT2D eigenvalue weighted by Gasteiger charge is 2.25. The van der Waals surface area contributed by atoms with Crippen molar-refractivity contribution in [2.24, 2.45) is 5.92 Å². The Morgan fingerprint density at radius 3 is 2.74 bits per heavy atom. The average molecular weight is 472 g/mol. The molecule has 1 aromatic rings. The molecule has 1 saturated carbocycles. The molecule has 2 amide bonds. The molecule has 2 heterocycles. The Morgan fingerprint density at radius 2 is 2.03 bits per heavy atom. The van der Waals surface area contributed by atoms with Crippen LogP contribution in [0.15, 0.2) is 6.20 Å². The zero-order valence-electron chi connectivity index (χ0n) is 21.0. The van der Waals surface area contributed by atoms with Crippen LogP contribution in [0.4, 0.5) is 10.6 Å². The molecule has 0 radical (unpaired) electrons. The molecule has 2 fully saturated rings. The Labute approximate surface area is 202 Å². The zero-order chi connectivity index (χ0) is 24.7. The number of morpholine rings is 1. The fourth-order valence-electron chi connectivity index (χ4n) is 4.09. The number of anilines is 1. The van der Waals surface area contributed by atoms with Crippen molar-refractivity contribution in [2.75, 3.05) is 44.8 Å². The van der Waals surface area contributed by atoms with E-state index in [0.717, 1.165) is 56.0 Å². The van der Waals surface area contributed by atoms with Crippen molar-refractivity contribution in [3.05, 3.63) is 17.6 Å². The number of aryl methyl sites for hydroxylation is 1. The van der Waals surface area contributed by atoms with Crippen molar-refractivity contribution < 1.29 is 19.1 Å². The normalized spacial score (nSPS) is 20.7. The lowest BCUT2D eigenvalue weighted by molar-refractivity contribution is -0.123. The number of carbonyl (C=O) groups excluding carboxylic acids is 2. The van der Waals surface area contributed by atoms with Gasteiger partial charge < -0.3 is 24.6 Å². The number of nitrogens with one attached hydrogen (secondary N) is 1. The second-order valence-electron chi connectivity index (χ2n) is 9.99. The monoisotopic (exact) mass is 471 g/mol. The lowest BCUT2D eigenvalue weighted by Crippen LogP contribution is -2.45. The molecule has 1 N–H and O–H groups in total. The summed E-state index contributed by atoms with van der Waals surface area (Å²) in [4.78, 5) is 37.1. The number of rotatable bonds is 4. The van der Waals surface area contributed by atoms with Crippen LogP contribution in [0, 0.1) is 24.7 Å². The van der Waals surface area contributed by atoms with Crippen LogP contribution in [0.2, 0.25) is 0 Å². The second-order valence-corrected chi connectivity index (χ2v) is 9.99. The van der Waals surface area contributed by atoms with E-state index in [1.54, 1.807) is 34.0 Å². The molecule has 2 aliphatic rings. The van der Waals surface area contributed by atoms with Gasteiger partial charge in [-0.05, 0) is 47.0 Å². The molecule has 1 aromatic heterocycles. The van der Waals surface area contributed by atoms with Gasteiger partial charge in [0.15, 0.2) is 0 Å². The molecule has 9 heteroatoms. The SMILES string of the molecule is Cc1ncc(C#C[C@@H]2CCC[C@H](NC(=O)CN(C)C(=O)OC(C)(C)C)C2)c(N2CCOCC2)n1. The highest BCUT2D eigenvalue weighted by atomic mass is 16.6. The van der Waals surface area contributed by atoms with Gasteiger partial charge in [0.1, 0.15) is 23.8 Å². The summed E-state index contributed by atoms with van der Waals surface area (Å²) in [6.45, 7) is 10.2. The van der Waals surface area contributed by atoms with Gasteiger partial charge in [-0.15, -0.1) is 0 Å². The Kier molecular flexibility index (Phi) is 8.72. The van der Waals surface area contributed by atoms with Crippen molar-refractivity contribution in [1.82, 2.24) is 20.2 Å². The third kappa shape index (κ3) is 7.87. The summed E-state index contributed by atoms with van der Waals surface area (Å²) >= 11 is 0. The van der Waals surface area contributed by atoms with Gasteiger partial charge in [0.25, 0.3) is 0 Å². The van der Waals surface area contributed by atoms with E-state index in [0.29, 0.717) is 13.2 Å². The molecule has 2 atom stereocenters. The lowest BCUT2D eigenvalue weighted by atomic mass is 9.86. The average Bonchev–Trinajstić information content (AvgIpc) is 2.78. The van der Waals surface area contributed by atoms with Gasteiger partial charge in [0.05, 0.1) is 18.8 Å². The standard InChI is InChI=1S/C25H37N5O4/c1-18-26-16-20(23(27-18)30-11-13-33-14-12-30)10-9-19-7-6-8-21(15-19)28-22(31)17-29(5)24(32)34-25(2,3)4/h16,19,21H,6-8,11-15,17H2,1-5H3,(H,28,31)/t19-,21-/m0/s1. The minimum Gasteiger partial charge on any atom is -0.444 e. The number of hydrogen-bond donors (Lipinski definition) is 1. The molecule has 1 saturated heterocycles. The third-order valence-corrected chi connectivity index (χ3v) is 5.74. The van der Waals surface area contributed by atoms with Crippen LogP contribution in [0.25, 0.3) is 0 Å². The van der Waals surface area contributed by atoms with E-state index in [-0.39, 0.29) is 24.4 Å². The molecule has 9 nitrogen and oxygen atoms in total. The van der Waals surface area contributed by atoms with Crippen LogP contribution in [-0.4, -0.2) is 78.4 Å². The van der Waals surface area contributed by atoms with E-state index in [1.807, 2.05) is 6.92 Å². The summed E-state index contributed by atoms with van der Waals surface area (Å²) in [6.07, 6.45) is 4.98. The Balaban J connectivity index is 1.57. The maximum Gasteiger partial charge on any atom is 0.410 e. The molecule has 0 bridgehead atoms. The van der Waals surface area contributed by atoms with Crippen LogP contribution >= 0.6 is 0 Å². The van der Waals surface area contributed by atoms with Gasteiger partial charge in [-0.1, -0.05) is 18.3 Å². The Bertz CT molecular complexity index is 927. The number of nitrogens with zero attached hydrogens (tertiary/aromatic N) is 4. The number of carbonyl (C=O) groups is 2. The molecular formula is C25H37N5O4. The van der Waals surface area contributed by atoms with E-state index in [1.165, 1.54) is 4.90 Å². The third-order valence-electron chi connectivity index (χ3n) is 5.74. The quantitative estimate of drug-likeness (QED) is 0.674. The molecule has 1 aliphatic carbocycles. The molecular weight excluding hydrogens is 434 g/mol. The zero-order valence-corrected chi connectivity index (χ0v) is 21.0. The first-order valence-corrected chi connectivity index (χ1v) is 12.0. The second kappa shape index (κ2) is 11.5. The maximum atomic E-state index is 12.5. The van der Waals surface area contributed by atoms with E-state index in [4.69, 9.17) is 9.47 Å². The summed E-state index contributed by atoms with van der Waals surface area (Å²) in [5, 5.41) is 3.06. The first-order valence-electron chi connectivity index (χ1n) is 12.0. The number of ether oxygens (including phenoxy) is 2. The molecule has 3 rings (SSSR count). The van der Waals surface area contributed by atoms with Crippen LogP contribution in [0.3, 0.4) is 0 Å². The van der Waals surface area contributed by atoms with E-state index in [9.17, 15) is 9.59 Å². The van der Waals surface area contributed by atoms with Crippen molar-refractivity contribution >= 4 is 17.8 Å². The minimum atomic E-state index is -0.596. The fourth-order valence-corrected chi connectivity index (χ4v) is 4.09. The topological polar surface area (TPSA) is 96.9 Å².